The van der Waals surface area contributed by atoms with Gasteiger partial charge in [0.1, 0.15) is 0 Å². The van der Waals surface area contributed by atoms with Crippen LogP contribution in [0.4, 0.5) is 0 Å². The molecule has 0 unspecified atom stereocenters. The van der Waals surface area contributed by atoms with Gasteiger partial charge in [0, 0.05) is 9.81 Å². The molecule has 31 heavy (non-hydrogen) atoms. The smallest absolute Gasteiger partial charge is 0.259 e. The van der Waals surface area contributed by atoms with Crippen molar-refractivity contribution in [1.29, 1.82) is 0 Å². The molecule has 3 nitrogen and oxygen atoms in total. The van der Waals surface area contributed by atoms with Gasteiger partial charge < -0.3 is 0 Å². The summed E-state index contributed by atoms with van der Waals surface area (Å²) in [5.41, 5.74) is 5.26. The number of fused-ring (bicyclic) bond motifs is 4. The van der Waals surface area contributed by atoms with Crippen molar-refractivity contribution in [3.63, 3.8) is 0 Å². The van der Waals surface area contributed by atoms with Crippen molar-refractivity contribution in [2.24, 2.45) is 0 Å². The van der Waals surface area contributed by atoms with Crippen molar-refractivity contribution in [3.8, 4) is 0 Å². The Morgan fingerprint density at radius 2 is 1.03 bits per heavy atom. The lowest BCUT2D eigenvalue weighted by atomic mass is 9.72. The number of allylic oxidation sites excluding steroid dienone is 2. The van der Waals surface area contributed by atoms with Crippen LogP contribution < -0.4 is 5.32 Å². The topological polar surface area (TPSA) is 46.2 Å². The predicted molar refractivity (Wildman–Crippen MR) is 128 cm³/mol. The van der Waals surface area contributed by atoms with E-state index in [0.717, 1.165) is 32.1 Å². The third-order valence-electron chi connectivity index (χ3n) is 6.70. The zero-order valence-corrected chi connectivity index (χ0v) is 18.7. The summed E-state index contributed by atoms with van der Waals surface area (Å²) in [6.45, 7) is 4.43. The van der Waals surface area contributed by atoms with Gasteiger partial charge in [0.15, 0.2) is 0 Å². The number of hydrogen-bond donors (Lipinski definition) is 1. The zero-order chi connectivity index (χ0) is 21.4. The Morgan fingerprint density at radius 1 is 0.645 bits per heavy atom. The second-order valence-electron chi connectivity index (χ2n) is 8.38. The van der Waals surface area contributed by atoms with Gasteiger partial charge in [-0.15, -0.1) is 23.5 Å². The molecule has 2 aromatic carbocycles. The second kappa shape index (κ2) is 6.38. The summed E-state index contributed by atoms with van der Waals surface area (Å²) in [5, 5.41) is 2.56. The minimum Gasteiger partial charge on any atom is -0.288 e. The number of amides is 2. The van der Waals surface area contributed by atoms with Crippen LogP contribution in [0.15, 0.2) is 95.1 Å². The van der Waals surface area contributed by atoms with E-state index in [9.17, 15) is 9.59 Å². The van der Waals surface area contributed by atoms with E-state index in [1.165, 1.54) is 0 Å². The average molecular weight is 442 g/mol. The largest absolute Gasteiger partial charge is 0.288 e. The third-order valence-corrected chi connectivity index (χ3v) is 10.1. The Bertz CT molecular complexity index is 1200. The molecule has 5 heteroatoms. The average Bonchev–Trinajstić information content (AvgIpc) is 3.41. The molecular weight excluding hydrogens is 422 g/mol. The monoisotopic (exact) mass is 441 g/mol. The molecule has 1 aliphatic carbocycles. The summed E-state index contributed by atoms with van der Waals surface area (Å²) in [7, 11) is 0. The van der Waals surface area contributed by atoms with Crippen LogP contribution in [0.2, 0.25) is 0 Å². The van der Waals surface area contributed by atoms with Crippen LogP contribution in [-0.4, -0.2) is 21.3 Å². The number of nitrogens with one attached hydrogen (secondary N) is 1. The summed E-state index contributed by atoms with van der Waals surface area (Å²) in [5.74, 6) is -0.568. The number of carbonyl (C=O) groups is 2. The number of hydrogen-bond acceptors (Lipinski definition) is 4. The first-order chi connectivity index (χ1) is 14.9. The van der Waals surface area contributed by atoms with E-state index in [-0.39, 0.29) is 21.3 Å². The van der Waals surface area contributed by atoms with Crippen molar-refractivity contribution in [2.45, 2.75) is 23.3 Å². The van der Waals surface area contributed by atoms with E-state index in [1.807, 2.05) is 36.4 Å². The van der Waals surface area contributed by atoms with Crippen molar-refractivity contribution >= 4 is 45.1 Å². The molecule has 152 valence electrons. The van der Waals surface area contributed by atoms with Gasteiger partial charge in [-0.3, -0.25) is 14.9 Å². The quantitative estimate of drug-likeness (QED) is 0.639. The molecule has 3 aliphatic heterocycles. The van der Waals surface area contributed by atoms with E-state index in [4.69, 9.17) is 0 Å². The van der Waals surface area contributed by atoms with E-state index in [0.29, 0.717) is 11.1 Å². The molecule has 1 saturated heterocycles. The first-order valence-electron chi connectivity index (χ1n) is 10.2. The standard InChI is InChI=1S/C26H19NO2S2/c1-25-17(13-19(30-25)15-9-5-3-6-10-15)21-22(24(29)27-23(21)28)18-14-20(31-26(18,25)2)16-11-7-4-8-12-16/h3-14H,1-2H3,(H,27,28,29)/t25-,26-/m1/s1. The van der Waals surface area contributed by atoms with Gasteiger partial charge in [-0.05, 0) is 48.3 Å². The highest BCUT2D eigenvalue weighted by Crippen LogP contribution is 2.69. The number of benzene rings is 2. The van der Waals surface area contributed by atoms with Crippen LogP contribution in [-0.2, 0) is 9.59 Å². The summed E-state index contributed by atoms with van der Waals surface area (Å²) >= 11 is 3.60. The number of thioether (sulfide) groups is 2. The van der Waals surface area contributed by atoms with Crippen molar-refractivity contribution in [2.75, 3.05) is 0 Å². The van der Waals surface area contributed by atoms with Crippen LogP contribution in [0, 0.1) is 0 Å². The lowest BCUT2D eigenvalue weighted by molar-refractivity contribution is -0.123. The van der Waals surface area contributed by atoms with E-state index >= 15 is 0 Å². The Labute approximate surface area is 189 Å². The van der Waals surface area contributed by atoms with Crippen LogP contribution in [0.1, 0.15) is 25.0 Å². The molecule has 0 spiro atoms. The van der Waals surface area contributed by atoms with E-state index < -0.39 is 0 Å². The molecule has 1 fully saturated rings. The molecular formula is C26H19NO2S2. The van der Waals surface area contributed by atoms with Crippen molar-refractivity contribution in [3.05, 3.63) is 106 Å². The van der Waals surface area contributed by atoms with E-state index in [2.05, 4.69) is 55.6 Å². The molecule has 0 bridgehead atoms. The summed E-state index contributed by atoms with van der Waals surface area (Å²) in [6.07, 6.45) is 4.24. The van der Waals surface area contributed by atoms with Crippen LogP contribution >= 0.6 is 23.5 Å². The minimum absolute atomic E-state index is 0.284. The Morgan fingerprint density at radius 3 is 1.42 bits per heavy atom. The Kier molecular flexibility index (Phi) is 3.90. The highest BCUT2D eigenvalue weighted by Gasteiger charge is 2.61. The highest BCUT2D eigenvalue weighted by molar-refractivity contribution is 8.14. The van der Waals surface area contributed by atoms with Crippen molar-refractivity contribution < 1.29 is 9.59 Å². The predicted octanol–water partition coefficient (Wildman–Crippen LogP) is 5.34. The zero-order valence-electron chi connectivity index (χ0n) is 17.1. The maximum atomic E-state index is 12.9. The molecule has 2 atom stereocenters. The Hall–Kier alpha value is -2.76. The molecule has 3 heterocycles. The van der Waals surface area contributed by atoms with Crippen LogP contribution in [0.5, 0.6) is 0 Å². The highest BCUT2D eigenvalue weighted by atomic mass is 32.2. The fraction of sp³-hybridized carbons (Fsp3) is 0.154. The fourth-order valence-electron chi connectivity index (χ4n) is 4.93. The number of imide groups is 1. The summed E-state index contributed by atoms with van der Waals surface area (Å²) in [6, 6.07) is 20.5. The first-order valence-corrected chi connectivity index (χ1v) is 11.8. The van der Waals surface area contributed by atoms with Crippen LogP contribution in [0.3, 0.4) is 0 Å². The van der Waals surface area contributed by atoms with Crippen molar-refractivity contribution in [1.82, 2.24) is 5.32 Å². The second-order valence-corrected chi connectivity index (χ2v) is 11.3. The maximum absolute atomic E-state index is 12.9. The Balaban J connectivity index is 1.59. The molecule has 0 radical (unpaired) electrons. The minimum atomic E-state index is -0.383. The maximum Gasteiger partial charge on any atom is 0.259 e. The van der Waals surface area contributed by atoms with Gasteiger partial charge >= 0.3 is 0 Å². The van der Waals surface area contributed by atoms with Gasteiger partial charge in [0.05, 0.1) is 20.6 Å². The molecule has 6 rings (SSSR count). The third kappa shape index (κ3) is 2.45. The van der Waals surface area contributed by atoms with Gasteiger partial charge in [-0.1, -0.05) is 60.7 Å². The lowest BCUT2D eigenvalue weighted by Gasteiger charge is -2.46. The SMILES string of the molecule is C[C@@]12SC(c3ccccc3)=CC1=C1C(=O)NC(=O)C1=C1C=C(c3ccccc3)S[C@]12C. The number of carbonyl (C=O) groups excluding carboxylic acids is 2. The first kappa shape index (κ1) is 19.0. The van der Waals surface area contributed by atoms with Gasteiger partial charge in [-0.2, -0.15) is 0 Å². The van der Waals surface area contributed by atoms with Gasteiger partial charge in [-0.25, -0.2) is 0 Å². The fourth-order valence-corrected chi connectivity index (χ4v) is 8.08. The lowest BCUT2D eigenvalue weighted by Crippen LogP contribution is -2.48. The molecule has 0 aromatic heterocycles. The number of rotatable bonds is 2. The van der Waals surface area contributed by atoms with Gasteiger partial charge in [0.25, 0.3) is 11.8 Å². The van der Waals surface area contributed by atoms with E-state index in [1.54, 1.807) is 23.5 Å². The van der Waals surface area contributed by atoms with Crippen LogP contribution in [0.25, 0.3) is 9.81 Å². The normalized spacial score (nSPS) is 28.8. The molecule has 2 amide bonds. The molecule has 4 aliphatic rings. The van der Waals surface area contributed by atoms with Gasteiger partial charge in [0.2, 0.25) is 0 Å². The molecule has 0 saturated carbocycles. The summed E-state index contributed by atoms with van der Waals surface area (Å²) in [4.78, 5) is 28.1. The summed E-state index contributed by atoms with van der Waals surface area (Å²) < 4.78 is -0.766. The molecule has 2 aromatic rings. The molecule has 1 N–H and O–H groups in total.